The number of halogens is 1. The van der Waals surface area contributed by atoms with Crippen molar-refractivity contribution in [3.63, 3.8) is 0 Å². The SMILES string of the molecule is C[C@@H](O)[C@H]1C(=O)N2C(COC(=O)C(C)(C)C)C(COc3ccc(F)cc3)(C(=O)O)S[C@H]12. The van der Waals surface area contributed by atoms with Gasteiger partial charge >= 0.3 is 11.9 Å². The molecule has 2 fully saturated rings. The van der Waals surface area contributed by atoms with E-state index in [1.165, 1.54) is 36.1 Å². The van der Waals surface area contributed by atoms with Gasteiger partial charge in [0.1, 0.15) is 24.8 Å². The molecule has 2 N–H and O–H groups in total. The lowest BCUT2D eigenvalue weighted by Crippen LogP contribution is -2.65. The number of fused-ring (bicyclic) bond motifs is 1. The van der Waals surface area contributed by atoms with Crippen LogP contribution in [0.3, 0.4) is 0 Å². The predicted octanol–water partition coefficient (Wildman–Crippen LogP) is 1.90. The van der Waals surface area contributed by atoms with E-state index in [-0.39, 0.29) is 19.0 Å². The van der Waals surface area contributed by atoms with Crippen LogP contribution in [0.15, 0.2) is 24.3 Å². The van der Waals surface area contributed by atoms with Gasteiger partial charge in [-0.05, 0) is 52.0 Å². The minimum absolute atomic E-state index is 0.265. The van der Waals surface area contributed by atoms with Crippen LogP contribution in [0.2, 0.25) is 0 Å². The van der Waals surface area contributed by atoms with Crippen molar-refractivity contribution in [2.75, 3.05) is 13.2 Å². The average Bonchev–Trinajstić information content (AvgIpc) is 2.95. The molecule has 5 atom stereocenters. The van der Waals surface area contributed by atoms with Crippen molar-refractivity contribution < 1.29 is 38.5 Å². The van der Waals surface area contributed by atoms with Gasteiger partial charge in [-0.15, -0.1) is 11.8 Å². The Labute approximate surface area is 183 Å². The monoisotopic (exact) mass is 455 g/mol. The van der Waals surface area contributed by atoms with Gasteiger partial charge in [0, 0.05) is 0 Å². The molecule has 0 aromatic heterocycles. The Morgan fingerprint density at radius 1 is 1.29 bits per heavy atom. The van der Waals surface area contributed by atoms with E-state index < -0.39 is 57.3 Å². The third kappa shape index (κ3) is 4.23. The van der Waals surface area contributed by atoms with Gasteiger partial charge in [-0.25, -0.2) is 4.39 Å². The van der Waals surface area contributed by atoms with Gasteiger partial charge in [0.05, 0.1) is 28.9 Å². The average molecular weight is 456 g/mol. The number of carboxylic acids is 1. The van der Waals surface area contributed by atoms with Crippen LogP contribution in [0.5, 0.6) is 5.75 Å². The highest BCUT2D eigenvalue weighted by Gasteiger charge is 2.69. The van der Waals surface area contributed by atoms with E-state index in [1.807, 2.05) is 0 Å². The van der Waals surface area contributed by atoms with Crippen molar-refractivity contribution in [1.82, 2.24) is 4.90 Å². The highest BCUT2D eigenvalue weighted by atomic mass is 32.2. The van der Waals surface area contributed by atoms with Crippen molar-refractivity contribution >= 4 is 29.6 Å². The number of aliphatic hydroxyl groups is 1. The molecule has 0 spiro atoms. The quantitative estimate of drug-likeness (QED) is 0.474. The number of carbonyl (C=O) groups is 3. The summed E-state index contributed by atoms with van der Waals surface area (Å²) in [5.74, 6) is -3.10. The summed E-state index contributed by atoms with van der Waals surface area (Å²) in [4.78, 5) is 38.8. The molecule has 1 amide bonds. The number of amides is 1. The number of benzene rings is 1. The molecule has 2 unspecified atom stereocenters. The molecule has 8 nitrogen and oxygen atoms in total. The van der Waals surface area contributed by atoms with E-state index >= 15 is 0 Å². The standard InChI is InChI=1S/C21H26FNO7S/c1-11(24)15-16(25)23-14(9-29-19(28)20(2,3)4)21(18(26)27,31-17(15)23)10-30-13-7-5-12(22)6-8-13/h5-8,11,14-15,17,24H,9-10H2,1-4H3,(H,26,27)/t11-,14?,15+,17-,21?/m1/s1. The number of carboxylic acid groups (broad SMARTS) is 1. The Morgan fingerprint density at radius 3 is 2.42 bits per heavy atom. The van der Waals surface area contributed by atoms with E-state index in [0.717, 1.165) is 11.8 Å². The molecule has 2 aliphatic rings. The Morgan fingerprint density at radius 2 is 1.90 bits per heavy atom. The molecule has 2 aliphatic heterocycles. The fourth-order valence-corrected chi connectivity index (χ4v) is 5.48. The van der Waals surface area contributed by atoms with Crippen molar-refractivity contribution in [2.45, 2.75) is 50.0 Å². The molecule has 31 heavy (non-hydrogen) atoms. The zero-order valence-corrected chi connectivity index (χ0v) is 18.5. The van der Waals surface area contributed by atoms with Gasteiger partial charge in [0.2, 0.25) is 5.91 Å². The fraction of sp³-hybridized carbons (Fsp3) is 0.571. The zero-order valence-electron chi connectivity index (χ0n) is 17.7. The summed E-state index contributed by atoms with van der Waals surface area (Å²) in [5.41, 5.74) is -0.803. The van der Waals surface area contributed by atoms with Crippen LogP contribution in [0.1, 0.15) is 27.7 Å². The summed E-state index contributed by atoms with van der Waals surface area (Å²) in [6.45, 7) is 5.82. The van der Waals surface area contributed by atoms with Crippen LogP contribution >= 0.6 is 11.8 Å². The molecule has 0 saturated carbocycles. The molecular weight excluding hydrogens is 429 g/mol. The van der Waals surface area contributed by atoms with Crippen molar-refractivity contribution in [3.8, 4) is 5.75 Å². The molecule has 170 valence electrons. The smallest absolute Gasteiger partial charge is 0.325 e. The van der Waals surface area contributed by atoms with Crippen LogP contribution in [-0.2, 0) is 19.1 Å². The number of aliphatic carboxylic acids is 1. The minimum Gasteiger partial charge on any atom is -0.491 e. The molecule has 2 heterocycles. The van der Waals surface area contributed by atoms with Gasteiger partial charge in [0.15, 0.2) is 4.75 Å². The first-order valence-electron chi connectivity index (χ1n) is 9.85. The minimum atomic E-state index is -1.64. The maximum atomic E-state index is 13.2. The second-order valence-corrected chi connectivity index (χ2v) is 10.3. The normalized spacial score (nSPS) is 28.5. The van der Waals surface area contributed by atoms with Crippen molar-refractivity contribution in [2.24, 2.45) is 11.3 Å². The van der Waals surface area contributed by atoms with Crippen LogP contribution in [-0.4, -0.2) is 68.4 Å². The lowest BCUT2D eigenvalue weighted by atomic mass is 9.88. The van der Waals surface area contributed by atoms with Crippen molar-refractivity contribution in [3.05, 3.63) is 30.1 Å². The first-order valence-corrected chi connectivity index (χ1v) is 10.7. The number of hydrogen-bond acceptors (Lipinski definition) is 7. The van der Waals surface area contributed by atoms with Crippen LogP contribution in [0, 0.1) is 17.2 Å². The van der Waals surface area contributed by atoms with Crippen molar-refractivity contribution in [1.29, 1.82) is 0 Å². The molecule has 3 rings (SSSR count). The number of β-lactam (4-membered cyclic amide) rings is 1. The van der Waals surface area contributed by atoms with Gasteiger partial charge in [-0.3, -0.25) is 14.4 Å². The van der Waals surface area contributed by atoms with Crippen LogP contribution in [0.4, 0.5) is 4.39 Å². The highest BCUT2D eigenvalue weighted by Crippen LogP contribution is 2.54. The maximum Gasteiger partial charge on any atom is 0.325 e. The first kappa shape index (κ1) is 23.3. The van der Waals surface area contributed by atoms with Crippen LogP contribution < -0.4 is 4.74 Å². The Bertz CT molecular complexity index is 869. The van der Waals surface area contributed by atoms with E-state index in [4.69, 9.17) is 9.47 Å². The second kappa shape index (κ2) is 8.31. The summed E-state index contributed by atoms with van der Waals surface area (Å²) in [6.07, 6.45) is -0.957. The third-order valence-corrected chi connectivity index (χ3v) is 7.21. The Kier molecular flexibility index (Phi) is 6.25. The Hall–Kier alpha value is -2.33. The molecular formula is C21H26FNO7S. The molecule has 0 aliphatic carbocycles. The molecule has 1 aromatic rings. The number of thioether (sulfide) groups is 1. The predicted molar refractivity (Wildman–Crippen MR) is 110 cm³/mol. The van der Waals surface area contributed by atoms with E-state index in [9.17, 15) is 29.0 Å². The lowest BCUT2D eigenvalue weighted by molar-refractivity contribution is -0.170. The summed E-state index contributed by atoms with van der Waals surface area (Å²) in [6, 6.07) is 4.13. The third-order valence-electron chi connectivity index (χ3n) is 5.46. The number of rotatable bonds is 7. The number of carbonyl (C=O) groups excluding carboxylic acids is 2. The van der Waals surface area contributed by atoms with Gasteiger partial charge in [-0.1, -0.05) is 0 Å². The molecule has 2 saturated heterocycles. The molecule has 0 bridgehead atoms. The molecule has 10 heteroatoms. The number of ether oxygens (including phenoxy) is 2. The maximum absolute atomic E-state index is 13.2. The largest absolute Gasteiger partial charge is 0.491 e. The van der Waals surface area contributed by atoms with E-state index in [2.05, 4.69) is 0 Å². The zero-order chi connectivity index (χ0) is 23.1. The second-order valence-electron chi connectivity index (χ2n) is 8.82. The van der Waals surface area contributed by atoms with Gasteiger partial charge in [0.25, 0.3) is 0 Å². The molecule has 0 radical (unpaired) electrons. The number of esters is 1. The first-order chi connectivity index (χ1) is 14.4. The van der Waals surface area contributed by atoms with Gasteiger partial charge in [-0.2, -0.15) is 0 Å². The van der Waals surface area contributed by atoms with Gasteiger partial charge < -0.3 is 24.6 Å². The number of nitrogens with zero attached hydrogens (tertiary/aromatic N) is 1. The topological polar surface area (TPSA) is 113 Å². The van der Waals surface area contributed by atoms with Crippen LogP contribution in [0.25, 0.3) is 0 Å². The highest BCUT2D eigenvalue weighted by molar-refractivity contribution is 8.02. The summed E-state index contributed by atoms with van der Waals surface area (Å²) < 4.78 is 22.6. The van der Waals surface area contributed by atoms with E-state index in [0.29, 0.717) is 0 Å². The fourth-order valence-electron chi connectivity index (χ4n) is 3.63. The molecule has 1 aromatic carbocycles. The Balaban J connectivity index is 1.89. The lowest BCUT2D eigenvalue weighted by Gasteiger charge is -2.45. The number of aliphatic hydroxyl groups excluding tert-OH is 1. The summed E-state index contributed by atoms with van der Waals surface area (Å²) >= 11 is 1.00. The summed E-state index contributed by atoms with van der Waals surface area (Å²) in [7, 11) is 0. The summed E-state index contributed by atoms with van der Waals surface area (Å²) in [5, 5.41) is 19.6. The van der Waals surface area contributed by atoms with E-state index in [1.54, 1.807) is 20.8 Å². The number of hydrogen-bond donors (Lipinski definition) is 2.